The first-order chi connectivity index (χ1) is 7.27. The van der Waals surface area contributed by atoms with Crippen LogP contribution in [0.25, 0.3) is 0 Å². The highest BCUT2D eigenvalue weighted by Crippen LogP contribution is 2.36. The lowest BCUT2D eigenvalue weighted by Crippen LogP contribution is -2.36. The molecule has 1 unspecified atom stereocenters. The Morgan fingerprint density at radius 2 is 2.33 bits per heavy atom. The number of hydrogen-bond donors (Lipinski definition) is 1. The van der Waals surface area contributed by atoms with Gasteiger partial charge >= 0.3 is 0 Å². The SMILES string of the molecule is CNCC1Cc2c(OC)cccc2N1C. The molecule has 0 aromatic heterocycles. The van der Waals surface area contributed by atoms with Crippen molar-refractivity contribution < 1.29 is 4.74 Å². The van der Waals surface area contributed by atoms with Gasteiger partial charge in [-0.3, -0.25) is 0 Å². The lowest BCUT2D eigenvalue weighted by Gasteiger charge is -2.22. The number of rotatable bonds is 3. The van der Waals surface area contributed by atoms with Crippen molar-refractivity contribution in [1.82, 2.24) is 5.32 Å². The summed E-state index contributed by atoms with van der Waals surface area (Å²) in [4.78, 5) is 2.33. The second kappa shape index (κ2) is 4.11. The Labute approximate surface area is 91.0 Å². The quantitative estimate of drug-likeness (QED) is 0.806. The molecule has 0 fully saturated rings. The molecule has 2 rings (SSSR count). The number of ether oxygens (including phenoxy) is 1. The molecule has 1 N–H and O–H groups in total. The van der Waals surface area contributed by atoms with Crippen LogP contribution in [0, 0.1) is 0 Å². The van der Waals surface area contributed by atoms with Gasteiger partial charge in [0.15, 0.2) is 0 Å². The van der Waals surface area contributed by atoms with Crippen molar-refractivity contribution in [2.45, 2.75) is 12.5 Å². The number of nitrogens with one attached hydrogen (secondary N) is 1. The number of methoxy groups -OCH3 is 1. The van der Waals surface area contributed by atoms with Crippen molar-refractivity contribution >= 4 is 5.69 Å². The number of likely N-dealkylation sites (N-methyl/N-ethyl adjacent to an activating group) is 2. The lowest BCUT2D eigenvalue weighted by atomic mass is 10.1. The number of nitrogens with zero attached hydrogens (tertiary/aromatic N) is 1. The van der Waals surface area contributed by atoms with Gasteiger partial charge in [0, 0.05) is 30.9 Å². The second-order valence-corrected chi connectivity index (χ2v) is 3.98. The van der Waals surface area contributed by atoms with E-state index in [4.69, 9.17) is 4.74 Å². The molecule has 0 bridgehead atoms. The van der Waals surface area contributed by atoms with Crippen molar-refractivity contribution in [3.05, 3.63) is 23.8 Å². The van der Waals surface area contributed by atoms with Crippen LogP contribution in [0.1, 0.15) is 5.56 Å². The van der Waals surface area contributed by atoms with E-state index >= 15 is 0 Å². The summed E-state index contributed by atoms with van der Waals surface area (Å²) in [5.41, 5.74) is 2.64. The van der Waals surface area contributed by atoms with E-state index in [-0.39, 0.29) is 0 Å². The minimum absolute atomic E-state index is 0.543. The molecule has 1 aromatic rings. The molecule has 0 saturated heterocycles. The average molecular weight is 206 g/mol. The van der Waals surface area contributed by atoms with Gasteiger partial charge in [-0.05, 0) is 25.6 Å². The van der Waals surface area contributed by atoms with Gasteiger partial charge in [0.05, 0.1) is 7.11 Å². The maximum atomic E-state index is 5.38. The topological polar surface area (TPSA) is 24.5 Å². The summed E-state index contributed by atoms with van der Waals surface area (Å²) in [6.45, 7) is 1.01. The maximum absolute atomic E-state index is 5.38. The molecule has 3 heteroatoms. The Morgan fingerprint density at radius 1 is 1.53 bits per heavy atom. The smallest absolute Gasteiger partial charge is 0.124 e. The van der Waals surface area contributed by atoms with Crippen molar-refractivity contribution in [2.24, 2.45) is 0 Å². The zero-order chi connectivity index (χ0) is 10.8. The molecule has 1 aromatic carbocycles. The van der Waals surface area contributed by atoms with Gasteiger partial charge in [0.25, 0.3) is 0 Å². The zero-order valence-corrected chi connectivity index (χ0v) is 9.58. The van der Waals surface area contributed by atoms with Crippen LogP contribution in [-0.4, -0.2) is 33.8 Å². The van der Waals surface area contributed by atoms with Gasteiger partial charge in [0.1, 0.15) is 5.75 Å². The maximum Gasteiger partial charge on any atom is 0.124 e. The highest BCUT2D eigenvalue weighted by molar-refractivity contribution is 5.64. The molecule has 0 amide bonds. The van der Waals surface area contributed by atoms with E-state index < -0.39 is 0 Å². The van der Waals surface area contributed by atoms with E-state index in [1.54, 1.807) is 7.11 Å². The molecule has 0 aliphatic carbocycles. The number of benzene rings is 1. The van der Waals surface area contributed by atoms with Crippen molar-refractivity contribution in [1.29, 1.82) is 0 Å². The number of anilines is 1. The Balaban J connectivity index is 2.31. The van der Waals surface area contributed by atoms with Crippen molar-refractivity contribution in [3.63, 3.8) is 0 Å². The van der Waals surface area contributed by atoms with Crippen LogP contribution in [0.5, 0.6) is 5.75 Å². The Hall–Kier alpha value is -1.22. The molecule has 0 radical (unpaired) electrons. The lowest BCUT2D eigenvalue weighted by molar-refractivity contribution is 0.410. The van der Waals surface area contributed by atoms with Crippen LogP contribution >= 0.6 is 0 Å². The molecule has 3 nitrogen and oxygen atoms in total. The average Bonchev–Trinajstić information content (AvgIpc) is 2.57. The molecule has 1 atom stereocenters. The normalized spacial score (nSPS) is 19.1. The summed E-state index contributed by atoms with van der Waals surface area (Å²) in [5, 5.41) is 3.23. The van der Waals surface area contributed by atoms with Crippen molar-refractivity contribution in [3.8, 4) is 5.75 Å². The zero-order valence-electron chi connectivity index (χ0n) is 9.58. The Bertz CT molecular complexity index is 351. The molecular weight excluding hydrogens is 188 g/mol. The number of fused-ring (bicyclic) bond motifs is 1. The highest BCUT2D eigenvalue weighted by Gasteiger charge is 2.27. The van der Waals surface area contributed by atoms with Crippen LogP contribution in [0.3, 0.4) is 0 Å². The largest absolute Gasteiger partial charge is 0.496 e. The summed E-state index contributed by atoms with van der Waals surface area (Å²) in [7, 11) is 5.88. The third-order valence-electron chi connectivity index (χ3n) is 3.14. The fourth-order valence-corrected chi connectivity index (χ4v) is 2.29. The number of hydrogen-bond acceptors (Lipinski definition) is 3. The molecule has 82 valence electrons. The summed E-state index contributed by atoms with van der Waals surface area (Å²) in [5.74, 6) is 1.01. The van der Waals surface area contributed by atoms with Crippen LogP contribution in [0.4, 0.5) is 5.69 Å². The van der Waals surface area contributed by atoms with E-state index in [0.29, 0.717) is 6.04 Å². The van der Waals surface area contributed by atoms with E-state index in [1.165, 1.54) is 11.3 Å². The Kier molecular flexibility index (Phi) is 2.82. The van der Waals surface area contributed by atoms with Crippen LogP contribution in [0.2, 0.25) is 0 Å². The molecule has 0 saturated carbocycles. The standard InChI is InChI=1S/C12H18N2O/c1-13-8-9-7-10-11(14(9)2)5-4-6-12(10)15-3/h4-6,9,13H,7-8H2,1-3H3. The highest BCUT2D eigenvalue weighted by atomic mass is 16.5. The first kappa shape index (κ1) is 10.3. The molecule has 0 spiro atoms. The molecule has 1 aliphatic rings. The minimum atomic E-state index is 0.543. The van der Waals surface area contributed by atoms with Gasteiger partial charge in [-0.2, -0.15) is 0 Å². The predicted molar refractivity (Wildman–Crippen MR) is 62.8 cm³/mol. The summed E-state index contributed by atoms with van der Waals surface area (Å²) in [6.07, 6.45) is 1.07. The summed E-state index contributed by atoms with van der Waals surface area (Å²) in [6, 6.07) is 6.79. The first-order valence-electron chi connectivity index (χ1n) is 5.31. The van der Waals surface area contributed by atoms with Gasteiger partial charge in [-0.25, -0.2) is 0 Å². The fraction of sp³-hybridized carbons (Fsp3) is 0.500. The predicted octanol–water partition coefficient (Wildman–Crippen LogP) is 1.28. The van der Waals surface area contributed by atoms with Gasteiger partial charge in [-0.1, -0.05) is 6.07 Å². The molecule has 1 aliphatic heterocycles. The third kappa shape index (κ3) is 1.67. The van der Waals surface area contributed by atoms with Crippen molar-refractivity contribution in [2.75, 3.05) is 32.6 Å². The second-order valence-electron chi connectivity index (χ2n) is 3.98. The van der Waals surface area contributed by atoms with E-state index in [1.807, 2.05) is 13.1 Å². The van der Waals surface area contributed by atoms with Crippen LogP contribution in [0.15, 0.2) is 18.2 Å². The molecule has 15 heavy (non-hydrogen) atoms. The van der Waals surface area contributed by atoms with Gasteiger partial charge in [-0.15, -0.1) is 0 Å². The molecule has 1 heterocycles. The van der Waals surface area contributed by atoms with Crippen LogP contribution < -0.4 is 15.0 Å². The monoisotopic (exact) mass is 206 g/mol. The van der Waals surface area contributed by atoms with E-state index in [0.717, 1.165) is 18.7 Å². The van der Waals surface area contributed by atoms with E-state index in [2.05, 4.69) is 29.4 Å². The first-order valence-corrected chi connectivity index (χ1v) is 5.31. The van der Waals surface area contributed by atoms with Gasteiger partial charge < -0.3 is 15.0 Å². The Morgan fingerprint density at radius 3 is 3.00 bits per heavy atom. The van der Waals surface area contributed by atoms with E-state index in [9.17, 15) is 0 Å². The summed E-state index contributed by atoms with van der Waals surface area (Å²) >= 11 is 0. The fourth-order valence-electron chi connectivity index (χ4n) is 2.29. The summed E-state index contributed by atoms with van der Waals surface area (Å²) < 4.78 is 5.38. The minimum Gasteiger partial charge on any atom is -0.496 e. The third-order valence-corrected chi connectivity index (χ3v) is 3.14. The molecular formula is C12H18N2O. The van der Waals surface area contributed by atoms with Gasteiger partial charge in [0.2, 0.25) is 0 Å². The van der Waals surface area contributed by atoms with Crippen LogP contribution in [-0.2, 0) is 6.42 Å².